The Labute approximate surface area is 122 Å². The maximum atomic E-state index is 11.8. The fourth-order valence-corrected chi connectivity index (χ4v) is 2.08. The Kier molecular flexibility index (Phi) is 3.82. The molecule has 5 nitrogen and oxygen atoms in total. The van der Waals surface area contributed by atoms with Gasteiger partial charge >= 0.3 is 0 Å². The number of benzene rings is 2. The Bertz CT molecular complexity index is 703. The summed E-state index contributed by atoms with van der Waals surface area (Å²) in [4.78, 5) is 19.4. The number of carbonyl (C=O) groups is 1. The molecule has 21 heavy (non-hydrogen) atoms. The summed E-state index contributed by atoms with van der Waals surface area (Å²) in [5.74, 6) is 0.661. The number of carbonyl (C=O) groups excluding carboxylic acids is 1. The summed E-state index contributed by atoms with van der Waals surface area (Å²) in [6.07, 6.45) is 0.381. The van der Waals surface area contributed by atoms with Crippen LogP contribution in [0.5, 0.6) is 0 Å². The van der Waals surface area contributed by atoms with E-state index in [2.05, 4.69) is 20.6 Å². The highest BCUT2D eigenvalue weighted by molar-refractivity contribution is 5.90. The van der Waals surface area contributed by atoms with Crippen molar-refractivity contribution in [3.05, 3.63) is 54.6 Å². The summed E-state index contributed by atoms with van der Waals surface area (Å²) in [6.45, 7) is 0.526. The van der Waals surface area contributed by atoms with Gasteiger partial charge in [-0.25, -0.2) is 4.98 Å². The van der Waals surface area contributed by atoms with Crippen LogP contribution in [0.15, 0.2) is 54.6 Å². The van der Waals surface area contributed by atoms with E-state index in [1.165, 1.54) is 0 Å². The Balaban J connectivity index is 1.50. The molecule has 0 unspecified atom stereocenters. The minimum atomic E-state index is -0.0233. The first-order chi connectivity index (χ1) is 10.3. The van der Waals surface area contributed by atoms with Crippen LogP contribution in [0, 0.1) is 0 Å². The number of H-pyrrole nitrogens is 1. The molecule has 0 atom stereocenters. The van der Waals surface area contributed by atoms with E-state index < -0.39 is 0 Å². The van der Waals surface area contributed by atoms with Crippen LogP contribution in [0.4, 0.5) is 11.6 Å². The number of rotatable bonds is 5. The molecule has 0 fully saturated rings. The van der Waals surface area contributed by atoms with E-state index >= 15 is 0 Å². The molecule has 0 spiro atoms. The standard InChI is InChI=1S/C16H16N4O/c21-15(18-12-6-2-1-3-7-12)10-11-17-16-19-13-8-4-5-9-14(13)20-16/h1-9H,10-11H2,(H,18,21)(H2,17,19,20). The SMILES string of the molecule is O=C(CCNc1nc2ccccc2[nH]1)Nc1ccccc1. The van der Waals surface area contributed by atoms with Gasteiger partial charge in [0.15, 0.2) is 0 Å². The third-order valence-corrected chi connectivity index (χ3v) is 3.09. The number of aromatic nitrogens is 2. The number of amides is 1. The Morgan fingerprint density at radius 1 is 1.05 bits per heavy atom. The van der Waals surface area contributed by atoms with E-state index in [0.717, 1.165) is 16.7 Å². The molecule has 0 saturated carbocycles. The van der Waals surface area contributed by atoms with Crippen LogP contribution in [0.2, 0.25) is 0 Å². The molecule has 1 amide bonds. The number of nitrogens with zero attached hydrogens (tertiary/aromatic N) is 1. The van der Waals surface area contributed by atoms with Crippen molar-refractivity contribution in [2.45, 2.75) is 6.42 Å². The van der Waals surface area contributed by atoms with Crippen LogP contribution >= 0.6 is 0 Å². The molecule has 3 rings (SSSR count). The lowest BCUT2D eigenvalue weighted by Crippen LogP contribution is -2.16. The highest BCUT2D eigenvalue weighted by atomic mass is 16.1. The number of hydrogen-bond acceptors (Lipinski definition) is 3. The quantitative estimate of drug-likeness (QED) is 0.673. The molecule has 0 radical (unpaired) electrons. The summed E-state index contributed by atoms with van der Waals surface area (Å²) >= 11 is 0. The van der Waals surface area contributed by atoms with E-state index in [1.54, 1.807) is 0 Å². The number of para-hydroxylation sites is 3. The number of nitrogens with one attached hydrogen (secondary N) is 3. The molecule has 3 N–H and O–H groups in total. The summed E-state index contributed by atoms with van der Waals surface area (Å²) in [5, 5.41) is 5.97. The minimum Gasteiger partial charge on any atom is -0.355 e. The third kappa shape index (κ3) is 3.39. The first kappa shape index (κ1) is 13.2. The summed E-state index contributed by atoms with van der Waals surface area (Å²) < 4.78 is 0. The average Bonchev–Trinajstić information content (AvgIpc) is 2.91. The zero-order chi connectivity index (χ0) is 14.5. The van der Waals surface area contributed by atoms with E-state index in [0.29, 0.717) is 18.9 Å². The number of hydrogen-bond donors (Lipinski definition) is 3. The highest BCUT2D eigenvalue weighted by Crippen LogP contribution is 2.13. The normalized spacial score (nSPS) is 10.5. The fraction of sp³-hybridized carbons (Fsp3) is 0.125. The van der Waals surface area contributed by atoms with Crippen molar-refractivity contribution in [1.29, 1.82) is 0 Å². The molecule has 2 aromatic carbocycles. The molecule has 0 saturated heterocycles. The van der Waals surface area contributed by atoms with Gasteiger partial charge in [-0.1, -0.05) is 30.3 Å². The van der Waals surface area contributed by atoms with E-state index in [1.807, 2.05) is 54.6 Å². The van der Waals surface area contributed by atoms with Crippen molar-refractivity contribution >= 4 is 28.6 Å². The van der Waals surface area contributed by atoms with Gasteiger partial charge in [0.1, 0.15) is 0 Å². The number of aromatic amines is 1. The molecule has 0 aliphatic rings. The van der Waals surface area contributed by atoms with E-state index in [4.69, 9.17) is 0 Å². The number of imidazole rings is 1. The predicted molar refractivity (Wildman–Crippen MR) is 84.3 cm³/mol. The number of fused-ring (bicyclic) bond motifs is 1. The third-order valence-electron chi connectivity index (χ3n) is 3.09. The van der Waals surface area contributed by atoms with Gasteiger partial charge in [0.2, 0.25) is 11.9 Å². The van der Waals surface area contributed by atoms with Crippen molar-refractivity contribution in [3.8, 4) is 0 Å². The topological polar surface area (TPSA) is 69.8 Å². The van der Waals surface area contributed by atoms with Crippen LogP contribution < -0.4 is 10.6 Å². The monoisotopic (exact) mass is 280 g/mol. The molecule has 1 aromatic heterocycles. The Hall–Kier alpha value is -2.82. The van der Waals surface area contributed by atoms with Gasteiger partial charge < -0.3 is 15.6 Å². The molecule has 0 bridgehead atoms. The lowest BCUT2D eigenvalue weighted by Gasteiger charge is -2.05. The van der Waals surface area contributed by atoms with Gasteiger partial charge in [0.05, 0.1) is 11.0 Å². The number of anilines is 2. The molecule has 0 aliphatic carbocycles. The summed E-state index contributed by atoms with van der Waals surface area (Å²) in [5.41, 5.74) is 2.70. The van der Waals surface area contributed by atoms with Crippen LogP contribution in [-0.4, -0.2) is 22.4 Å². The van der Waals surface area contributed by atoms with Crippen LogP contribution in [0.3, 0.4) is 0 Å². The van der Waals surface area contributed by atoms with Gasteiger partial charge in [-0.15, -0.1) is 0 Å². The second-order valence-corrected chi connectivity index (χ2v) is 4.69. The summed E-state index contributed by atoms with van der Waals surface area (Å²) in [6, 6.07) is 17.2. The predicted octanol–water partition coefficient (Wildman–Crippen LogP) is 3.00. The van der Waals surface area contributed by atoms with E-state index in [9.17, 15) is 4.79 Å². The van der Waals surface area contributed by atoms with Gasteiger partial charge in [0.25, 0.3) is 0 Å². The molecule has 106 valence electrons. The molecular weight excluding hydrogens is 264 g/mol. The van der Waals surface area contributed by atoms with E-state index in [-0.39, 0.29) is 5.91 Å². The zero-order valence-corrected chi connectivity index (χ0v) is 11.5. The van der Waals surface area contributed by atoms with Gasteiger partial charge in [-0.3, -0.25) is 4.79 Å². The lowest BCUT2D eigenvalue weighted by molar-refractivity contribution is -0.115. The van der Waals surface area contributed by atoms with Crippen molar-refractivity contribution < 1.29 is 4.79 Å². The van der Waals surface area contributed by atoms with Gasteiger partial charge in [-0.2, -0.15) is 0 Å². The smallest absolute Gasteiger partial charge is 0.226 e. The minimum absolute atomic E-state index is 0.0233. The van der Waals surface area contributed by atoms with Crippen LogP contribution in [0.1, 0.15) is 6.42 Å². The summed E-state index contributed by atoms with van der Waals surface area (Å²) in [7, 11) is 0. The average molecular weight is 280 g/mol. The fourth-order valence-electron chi connectivity index (χ4n) is 2.08. The Morgan fingerprint density at radius 3 is 2.62 bits per heavy atom. The Morgan fingerprint density at radius 2 is 1.81 bits per heavy atom. The largest absolute Gasteiger partial charge is 0.355 e. The second kappa shape index (κ2) is 6.09. The van der Waals surface area contributed by atoms with Crippen LogP contribution in [-0.2, 0) is 4.79 Å². The first-order valence-electron chi connectivity index (χ1n) is 6.85. The molecule has 1 heterocycles. The maximum Gasteiger partial charge on any atom is 0.226 e. The molecular formula is C16H16N4O. The zero-order valence-electron chi connectivity index (χ0n) is 11.5. The van der Waals surface area contributed by atoms with Crippen molar-refractivity contribution in [3.63, 3.8) is 0 Å². The second-order valence-electron chi connectivity index (χ2n) is 4.69. The molecule has 5 heteroatoms. The maximum absolute atomic E-state index is 11.8. The van der Waals surface area contributed by atoms with Crippen molar-refractivity contribution in [1.82, 2.24) is 9.97 Å². The molecule has 0 aliphatic heterocycles. The van der Waals surface area contributed by atoms with Crippen molar-refractivity contribution in [2.75, 3.05) is 17.2 Å². The first-order valence-corrected chi connectivity index (χ1v) is 6.85. The lowest BCUT2D eigenvalue weighted by atomic mass is 10.3. The van der Waals surface area contributed by atoms with Crippen LogP contribution in [0.25, 0.3) is 11.0 Å². The van der Waals surface area contributed by atoms with Gasteiger partial charge in [-0.05, 0) is 24.3 Å². The van der Waals surface area contributed by atoms with Gasteiger partial charge in [0, 0.05) is 18.7 Å². The van der Waals surface area contributed by atoms with Crippen molar-refractivity contribution in [2.24, 2.45) is 0 Å². The highest BCUT2D eigenvalue weighted by Gasteiger charge is 2.04. The molecule has 3 aromatic rings.